The summed E-state index contributed by atoms with van der Waals surface area (Å²) >= 11 is 0. The summed E-state index contributed by atoms with van der Waals surface area (Å²) in [6.07, 6.45) is 0. The highest BCUT2D eigenvalue weighted by Gasteiger charge is 2.44. The molecule has 3 rings (SSSR count). The molecule has 1 N–H and O–H groups in total. The van der Waals surface area contributed by atoms with Crippen molar-refractivity contribution in [3.63, 3.8) is 0 Å². The summed E-state index contributed by atoms with van der Waals surface area (Å²) in [6, 6.07) is 10.5. The topological polar surface area (TPSA) is 83.9 Å². The van der Waals surface area contributed by atoms with Crippen LogP contribution in [-0.4, -0.2) is 29.4 Å². The first-order chi connectivity index (χ1) is 13.4. The zero-order chi connectivity index (χ0) is 20.4. The number of ether oxygens (including phenoxy) is 1. The molecule has 0 saturated carbocycles. The summed E-state index contributed by atoms with van der Waals surface area (Å²) in [4.78, 5) is 37.8. The van der Waals surface area contributed by atoms with Crippen molar-refractivity contribution in [2.24, 2.45) is 0 Å². The molecule has 0 saturated heterocycles. The van der Waals surface area contributed by atoms with Crippen LogP contribution >= 0.6 is 0 Å². The summed E-state index contributed by atoms with van der Waals surface area (Å²) in [5.74, 6) is -3.19. The lowest BCUT2D eigenvalue weighted by molar-refractivity contribution is -0.117. The normalized spacial score (nSPS) is 16.5. The summed E-state index contributed by atoms with van der Waals surface area (Å²) in [5.41, 5.74) is 0.488. The van der Waals surface area contributed by atoms with Crippen LogP contribution in [0.4, 0.5) is 10.1 Å². The van der Waals surface area contributed by atoms with Gasteiger partial charge in [0, 0.05) is 11.3 Å². The van der Waals surface area contributed by atoms with Gasteiger partial charge in [-0.3, -0.25) is 14.5 Å². The van der Waals surface area contributed by atoms with Gasteiger partial charge in [-0.2, -0.15) is 0 Å². The number of carbonyl (C=O) groups is 3. The van der Waals surface area contributed by atoms with E-state index in [1.165, 1.54) is 49.4 Å². The fourth-order valence-electron chi connectivity index (χ4n) is 3.19. The highest BCUT2D eigenvalue weighted by molar-refractivity contribution is 6.16. The summed E-state index contributed by atoms with van der Waals surface area (Å²) in [5, 5.41) is 10.3. The number of esters is 1. The molecule has 0 bridgehead atoms. The predicted molar refractivity (Wildman–Crippen MR) is 99.4 cm³/mol. The third-order valence-corrected chi connectivity index (χ3v) is 4.44. The van der Waals surface area contributed by atoms with E-state index in [-0.39, 0.29) is 23.3 Å². The molecule has 0 spiro atoms. The lowest BCUT2D eigenvalue weighted by Crippen LogP contribution is -2.31. The van der Waals surface area contributed by atoms with Crippen LogP contribution in [0.5, 0.6) is 0 Å². The van der Waals surface area contributed by atoms with Gasteiger partial charge in [0.25, 0.3) is 5.91 Å². The Labute approximate surface area is 160 Å². The Balaban J connectivity index is 2.08. The Morgan fingerprint density at radius 1 is 1.14 bits per heavy atom. The van der Waals surface area contributed by atoms with E-state index in [9.17, 15) is 23.9 Å². The average Bonchev–Trinajstić information content (AvgIpc) is 2.93. The van der Waals surface area contributed by atoms with Crippen molar-refractivity contribution in [1.82, 2.24) is 0 Å². The van der Waals surface area contributed by atoms with Crippen LogP contribution < -0.4 is 4.90 Å². The molecule has 1 unspecified atom stereocenters. The maximum Gasteiger partial charge on any atom is 0.338 e. The highest BCUT2D eigenvalue weighted by atomic mass is 19.1. The minimum Gasteiger partial charge on any atom is -0.503 e. The molecule has 0 aromatic heterocycles. The third-order valence-electron chi connectivity index (χ3n) is 4.44. The quantitative estimate of drug-likeness (QED) is 0.799. The van der Waals surface area contributed by atoms with Gasteiger partial charge in [-0.25, -0.2) is 9.18 Å². The number of rotatable bonds is 5. The second-order valence-corrected chi connectivity index (χ2v) is 6.19. The molecular formula is C21H18FNO5. The van der Waals surface area contributed by atoms with Gasteiger partial charge in [-0.05, 0) is 44.2 Å². The smallest absolute Gasteiger partial charge is 0.338 e. The van der Waals surface area contributed by atoms with Crippen molar-refractivity contribution in [2.45, 2.75) is 19.9 Å². The molecule has 1 atom stereocenters. The second-order valence-electron chi connectivity index (χ2n) is 6.19. The van der Waals surface area contributed by atoms with Crippen LogP contribution in [0.15, 0.2) is 59.9 Å². The van der Waals surface area contributed by atoms with Gasteiger partial charge >= 0.3 is 5.97 Å². The van der Waals surface area contributed by atoms with Crippen LogP contribution in [-0.2, 0) is 14.3 Å². The SMILES string of the molecule is CCOC(=O)c1ccc(N2C(=O)C(O)=C(C(C)=O)C2c2ccccc2F)cc1. The van der Waals surface area contributed by atoms with Gasteiger partial charge < -0.3 is 9.84 Å². The predicted octanol–water partition coefficient (Wildman–Crippen LogP) is 3.49. The molecule has 28 heavy (non-hydrogen) atoms. The average molecular weight is 383 g/mol. The first-order valence-electron chi connectivity index (χ1n) is 8.66. The standard InChI is InChI=1S/C21H18FNO5/c1-3-28-21(27)13-8-10-14(11-9-13)23-18(15-6-4-5-7-16(15)22)17(12(2)24)19(25)20(23)26/h4-11,18,25H,3H2,1-2H3. The first-order valence-corrected chi connectivity index (χ1v) is 8.66. The zero-order valence-electron chi connectivity index (χ0n) is 15.3. The summed E-state index contributed by atoms with van der Waals surface area (Å²) < 4.78 is 19.4. The van der Waals surface area contributed by atoms with E-state index < -0.39 is 35.3 Å². The summed E-state index contributed by atoms with van der Waals surface area (Å²) in [7, 11) is 0. The molecule has 7 heteroatoms. The number of carbonyl (C=O) groups excluding carboxylic acids is 3. The number of ketones is 1. The molecule has 1 heterocycles. The van der Waals surface area contributed by atoms with Crippen LogP contribution in [0.3, 0.4) is 0 Å². The van der Waals surface area contributed by atoms with E-state index in [2.05, 4.69) is 0 Å². The lowest BCUT2D eigenvalue weighted by Gasteiger charge is -2.27. The molecule has 1 aliphatic heterocycles. The summed E-state index contributed by atoms with van der Waals surface area (Å²) in [6.45, 7) is 3.12. The van der Waals surface area contributed by atoms with Gasteiger partial charge in [0.15, 0.2) is 11.5 Å². The Morgan fingerprint density at radius 2 is 1.79 bits per heavy atom. The van der Waals surface area contributed by atoms with E-state index in [4.69, 9.17) is 4.74 Å². The van der Waals surface area contributed by atoms with Gasteiger partial charge in [-0.15, -0.1) is 0 Å². The van der Waals surface area contributed by atoms with Gasteiger partial charge in [-0.1, -0.05) is 18.2 Å². The third kappa shape index (κ3) is 3.26. The number of nitrogens with zero attached hydrogens (tertiary/aromatic N) is 1. The minimum atomic E-state index is -1.11. The van der Waals surface area contributed by atoms with Crippen molar-refractivity contribution in [3.05, 3.63) is 76.8 Å². The number of halogens is 1. The lowest BCUT2D eigenvalue weighted by atomic mass is 9.96. The minimum absolute atomic E-state index is 0.0829. The van der Waals surface area contributed by atoms with Crippen molar-refractivity contribution in [1.29, 1.82) is 0 Å². The number of aliphatic hydroxyl groups is 1. The van der Waals surface area contributed by atoms with Crippen molar-refractivity contribution in [3.8, 4) is 0 Å². The van der Waals surface area contributed by atoms with Crippen molar-refractivity contribution >= 4 is 23.3 Å². The largest absolute Gasteiger partial charge is 0.503 e. The van der Waals surface area contributed by atoms with E-state index in [1.54, 1.807) is 13.0 Å². The Hall–Kier alpha value is -3.48. The molecule has 0 radical (unpaired) electrons. The molecule has 2 aromatic carbocycles. The molecule has 144 valence electrons. The highest BCUT2D eigenvalue weighted by Crippen LogP contribution is 2.41. The van der Waals surface area contributed by atoms with Crippen molar-refractivity contribution in [2.75, 3.05) is 11.5 Å². The number of hydrogen-bond donors (Lipinski definition) is 1. The van der Waals surface area contributed by atoms with E-state index >= 15 is 0 Å². The number of Topliss-reactive ketones (excluding diaryl/α,β-unsaturated/α-hetero) is 1. The maximum atomic E-state index is 14.5. The van der Waals surface area contributed by atoms with E-state index in [0.29, 0.717) is 5.69 Å². The Bertz CT molecular complexity index is 981. The van der Waals surface area contributed by atoms with Gasteiger partial charge in [0.1, 0.15) is 5.82 Å². The number of aliphatic hydroxyl groups excluding tert-OH is 1. The van der Waals surface area contributed by atoms with E-state index in [0.717, 1.165) is 4.90 Å². The monoisotopic (exact) mass is 383 g/mol. The fraction of sp³-hybridized carbons (Fsp3) is 0.190. The molecule has 1 aliphatic rings. The number of anilines is 1. The Kier molecular flexibility index (Phi) is 5.26. The van der Waals surface area contributed by atoms with Gasteiger partial charge in [0.2, 0.25) is 0 Å². The van der Waals surface area contributed by atoms with Crippen LogP contribution in [0, 0.1) is 5.82 Å². The molecule has 1 amide bonds. The van der Waals surface area contributed by atoms with Crippen LogP contribution in [0.2, 0.25) is 0 Å². The first kappa shape index (κ1) is 19.3. The molecule has 0 aliphatic carbocycles. The molecule has 0 fully saturated rings. The fourth-order valence-corrected chi connectivity index (χ4v) is 3.19. The van der Waals surface area contributed by atoms with Crippen LogP contribution in [0.1, 0.15) is 35.8 Å². The molecular weight excluding hydrogens is 365 g/mol. The van der Waals surface area contributed by atoms with Gasteiger partial charge in [0.05, 0.1) is 23.8 Å². The van der Waals surface area contributed by atoms with Crippen LogP contribution in [0.25, 0.3) is 0 Å². The molecule has 6 nitrogen and oxygen atoms in total. The van der Waals surface area contributed by atoms with E-state index in [1.807, 2.05) is 0 Å². The second kappa shape index (κ2) is 7.64. The Morgan fingerprint density at radius 3 is 2.36 bits per heavy atom. The number of amides is 1. The zero-order valence-corrected chi connectivity index (χ0v) is 15.3. The maximum absolute atomic E-state index is 14.5. The number of benzene rings is 2. The number of hydrogen-bond acceptors (Lipinski definition) is 5. The van der Waals surface area contributed by atoms with Crippen molar-refractivity contribution < 1.29 is 28.6 Å². The molecule has 2 aromatic rings.